The van der Waals surface area contributed by atoms with Gasteiger partial charge in [0.15, 0.2) is 11.5 Å². The number of nitriles is 1. The van der Waals surface area contributed by atoms with E-state index in [4.69, 9.17) is 9.47 Å². The van der Waals surface area contributed by atoms with Gasteiger partial charge in [0.25, 0.3) is 5.91 Å². The number of benzene rings is 2. The van der Waals surface area contributed by atoms with Gasteiger partial charge in [-0.15, -0.1) is 0 Å². The second kappa shape index (κ2) is 11.3. The molecule has 0 radical (unpaired) electrons. The topological polar surface area (TPSA) is 83.4 Å². The monoisotopic (exact) mass is 397 g/mol. The number of amides is 1. The molecular weight excluding hydrogens is 373 g/mol. The summed E-state index contributed by atoms with van der Waals surface area (Å²) in [7, 11) is 0. The number of rotatable bonds is 10. The molecule has 0 fully saturated rings. The fourth-order valence-corrected chi connectivity index (χ4v) is 2.52. The highest BCUT2D eigenvalue weighted by molar-refractivity contribution is 6.06. The minimum absolute atomic E-state index is 0.0731. The number of carbonyl (C=O) groups excluding carboxylic acids is 1. The van der Waals surface area contributed by atoms with Gasteiger partial charge in [0.1, 0.15) is 17.5 Å². The summed E-state index contributed by atoms with van der Waals surface area (Å²) in [6.45, 7) is 5.45. The SMILES string of the molecule is CCOc1ccc(CCN/C=C(/C#N)C(=O)Nc2ccc(F)cc2)cc1OCC. The molecular formula is C22H24FN3O3. The highest BCUT2D eigenvalue weighted by atomic mass is 19.1. The van der Waals surface area contributed by atoms with Crippen LogP contribution in [-0.2, 0) is 11.2 Å². The summed E-state index contributed by atoms with van der Waals surface area (Å²) in [5.74, 6) is 0.433. The number of anilines is 1. The van der Waals surface area contributed by atoms with Crippen LogP contribution < -0.4 is 20.1 Å². The van der Waals surface area contributed by atoms with Crippen LogP contribution in [0.5, 0.6) is 11.5 Å². The average molecular weight is 397 g/mol. The fraction of sp³-hybridized carbons (Fsp3) is 0.273. The molecule has 0 aromatic heterocycles. The lowest BCUT2D eigenvalue weighted by molar-refractivity contribution is -0.112. The van der Waals surface area contributed by atoms with Crippen molar-refractivity contribution in [3.05, 3.63) is 65.6 Å². The zero-order chi connectivity index (χ0) is 21.1. The van der Waals surface area contributed by atoms with Crippen LogP contribution in [-0.4, -0.2) is 25.7 Å². The molecule has 2 aromatic carbocycles. The first kappa shape index (κ1) is 21.8. The summed E-state index contributed by atoms with van der Waals surface area (Å²) in [4.78, 5) is 12.1. The normalized spacial score (nSPS) is 10.8. The maximum atomic E-state index is 12.9. The predicted molar refractivity (Wildman–Crippen MR) is 109 cm³/mol. The van der Waals surface area contributed by atoms with Gasteiger partial charge < -0.3 is 20.1 Å². The van der Waals surface area contributed by atoms with E-state index < -0.39 is 11.7 Å². The zero-order valence-corrected chi connectivity index (χ0v) is 16.5. The Bertz CT molecular complexity index is 889. The van der Waals surface area contributed by atoms with Crippen LogP contribution in [0.3, 0.4) is 0 Å². The van der Waals surface area contributed by atoms with E-state index in [1.165, 1.54) is 30.5 Å². The molecule has 0 aliphatic heterocycles. The number of nitrogens with zero attached hydrogens (tertiary/aromatic N) is 1. The summed E-state index contributed by atoms with van der Waals surface area (Å²) >= 11 is 0. The van der Waals surface area contributed by atoms with E-state index in [2.05, 4.69) is 10.6 Å². The molecule has 29 heavy (non-hydrogen) atoms. The lowest BCUT2D eigenvalue weighted by Crippen LogP contribution is -2.18. The van der Waals surface area contributed by atoms with Crippen molar-refractivity contribution in [3.63, 3.8) is 0 Å². The van der Waals surface area contributed by atoms with Crippen molar-refractivity contribution < 1.29 is 18.7 Å². The molecule has 2 aromatic rings. The third kappa shape index (κ3) is 6.85. The molecule has 0 unspecified atom stereocenters. The van der Waals surface area contributed by atoms with Gasteiger partial charge in [-0.1, -0.05) is 6.07 Å². The minimum Gasteiger partial charge on any atom is -0.490 e. The first-order chi connectivity index (χ1) is 14.1. The number of hydrogen-bond acceptors (Lipinski definition) is 5. The third-order valence-electron chi connectivity index (χ3n) is 3.88. The van der Waals surface area contributed by atoms with Crippen LogP contribution in [0.2, 0.25) is 0 Å². The Morgan fingerprint density at radius 3 is 2.45 bits per heavy atom. The summed E-state index contributed by atoms with van der Waals surface area (Å²) in [6.07, 6.45) is 2.04. The summed E-state index contributed by atoms with van der Waals surface area (Å²) < 4.78 is 24.1. The summed E-state index contributed by atoms with van der Waals surface area (Å²) in [6, 6.07) is 12.9. The zero-order valence-electron chi connectivity index (χ0n) is 16.5. The average Bonchev–Trinajstić information content (AvgIpc) is 2.72. The fourth-order valence-electron chi connectivity index (χ4n) is 2.52. The molecule has 7 heteroatoms. The Labute approximate surface area is 169 Å². The maximum absolute atomic E-state index is 12.9. The van der Waals surface area contributed by atoms with E-state index in [-0.39, 0.29) is 5.57 Å². The quantitative estimate of drug-likeness (QED) is 0.362. The van der Waals surface area contributed by atoms with E-state index >= 15 is 0 Å². The van der Waals surface area contributed by atoms with Crippen molar-refractivity contribution in [1.82, 2.24) is 5.32 Å². The van der Waals surface area contributed by atoms with Crippen molar-refractivity contribution in [1.29, 1.82) is 5.26 Å². The predicted octanol–water partition coefficient (Wildman–Crippen LogP) is 3.80. The van der Waals surface area contributed by atoms with Gasteiger partial charge in [-0.3, -0.25) is 4.79 Å². The third-order valence-corrected chi connectivity index (χ3v) is 3.88. The summed E-state index contributed by atoms with van der Waals surface area (Å²) in [5.41, 5.74) is 1.37. The van der Waals surface area contributed by atoms with Gasteiger partial charge >= 0.3 is 0 Å². The first-order valence-corrected chi connectivity index (χ1v) is 9.36. The van der Waals surface area contributed by atoms with Crippen molar-refractivity contribution in [2.75, 3.05) is 25.1 Å². The Kier molecular flexibility index (Phi) is 8.51. The molecule has 1 amide bonds. The van der Waals surface area contributed by atoms with E-state index in [9.17, 15) is 14.4 Å². The molecule has 0 saturated carbocycles. The Hall–Kier alpha value is -3.53. The van der Waals surface area contributed by atoms with E-state index in [1.807, 2.05) is 38.1 Å². The van der Waals surface area contributed by atoms with Gasteiger partial charge in [0, 0.05) is 18.4 Å². The molecule has 0 heterocycles. The number of nitrogens with one attached hydrogen (secondary N) is 2. The Morgan fingerprint density at radius 1 is 1.10 bits per heavy atom. The van der Waals surface area contributed by atoms with Crippen LogP contribution in [0.1, 0.15) is 19.4 Å². The highest BCUT2D eigenvalue weighted by Crippen LogP contribution is 2.28. The molecule has 152 valence electrons. The van der Waals surface area contributed by atoms with Crippen LogP contribution in [0.4, 0.5) is 10.1 Å². The molecule has 0 saturated heterocycles. The highest BCUT2D eigenvalue weighted by Gasteiger charge is 2.09. The first-order valence-electron chi connectivity index (χ1n) is 9.36. The lowest BCUT2D eigenvalue weighted by atomic mass is 10.1. The lowest BCUT2D eigenvalue weighted by Gasteiger charge is -2.12. The van der Waals surface area contributed by atoms with E-state index in [0.717, 1.165) is 5.56 Å². The smallest absolute Gasteiger partial charge is 0.267 e. The molecule has 2 rings (SSSR count). The number of hydrogen-bond donors (Lipinski definition) is 2. The number of halogens is 1. The van der Waals surface area contributed by atoms with E-state index in [0.29, 0.717) is 43.4 Å². The largest absolute Gasteiger partial charge is 0.490 e. The van der Waals surface area contributed by atoms with Crippen molar-refractivity contribution in [3.8, 4) is 17.6 Å². The van der Waals surface area contributed by atoms with Gasteiger partial charge in [0.2, 0.25) is 0 Å². The summed E-state index contributed by atoms with van der Waals surface area (Å²) in [5, 5.41) is 14.7. The van der Waals surface area contributed by atoms with Crippen molar-refractivity contribution in [2.24, 2.45) is 0 Å². The molecule has 6 nitrogen and oxygen atoms in total. The maximum Gasteiger partial charge on any atom is 0.267 e. The minimum atomic E-state index is -0.564. The second-order valence-electron chi connectivity index (χ2n) is 5.98. The van der Waals surface area contributed by atoms with Crippen molar-refractivity contribution in [2.45, 2.75) is 20.3 Å². The molecule has 0 bridgehead atoms. The molecule has 0 aliphatic rings. The van der Waals surface area contributed by atoms with Crippen molar-refractivity contribution >= 4 is 11.6 Å². The standard InChI is InChI=1S/C22H24FN3O3/c1-3-28-20-10-5-16(13-21(20)29-4-2)11-12-25-15-17(14-24)22(27)26-19-8-6-18(23)7-9-19/h5-10,13,15,25H,3-4,11-12H2,1-2H3,(H,26,27)/b17-15-. The van der Waals surface area contributed by atoms with E-state index in [1.54, 1.807) is 0 Å². The van der Waals surface area contributed by atoms with Gasteiger partial charge in [-0.05, 0) is 62.2 Å². The number of carbonyl (C=O) groups is 1. The van der Waals surface area contributed by atoms with Gasteiger partial charge in [0.05, 0.1) is 13.2 Å². The van der Waals surface area contributed by atoms with Crippen LogP contribution in [0.25, 0.3) is 0 Å². The van der Waals surface area contributed by atoms with Crippen LogP contribution in [0.15, 0.2) is 54.2 Å². The number of ether oxygens (including phenoxy) is 2. The molecule has 0 aliphatic carbocycles. The van der Waals surface area contributed by atoms with Crippen LogP contribution >= 0.6 is 0 Å². The molecule has 0 atom stereocenters. The van der Waals surface area contributed by atoms with Gasteiger partial charge in [-0.25, -0.2) is 4.39 Å². The molecule has 2 N–H and O–H groups in total. The van der Waals surface area contributed by atoms with Crippen LogP contribution in [0, 0.1) is 17.1 Å². The molecule has 0 spiro atoms. The van der Waals surface area contributed by atoms with Gasteiger partial charge in [-0.2, -0.15) is 5.26 Å². The Balaban J connectivity index is 1.92. The Morgan fingerprint density at radius 2 is 1.79 bits per heavy atom. The second-order valence-corrected chi connectivity index (χ2v) is 5.98.